The SMILES string of the molecule is CN=C(NCCCN(C)c1ccccc1)N1CCC2(CCOC2)C1.I. The lowest BCUT2D eigenvalue weighted by molar-refractivity contribution is 0.156. The summed E-state index contributed by atoms with van der Waals surface area (Å²) in [5, 5.41) is 3.53. The van der Waals surface area contributed by atoms with Gasteiger partial charge in [0.2, 0.25) is 0 Å². The van der Waals surface area contributed by atoms with Crippen LogP contribution in [0.15, 0.2) is 35.3 Å². The molecule has 1 spiro atoms. The van der Waals surface area contributed by atoms with Gasteiger partial charge in [-0.25, -0.2) is 0 Å². The molecule has 1 aromatic carbocycles. The van der Waals surface area contributed by atoms with Crippen LogP contribution >= 0.6 is 24.0 Å². The van der Waals surface area contributed by atoms with Crippen molar-refractivity contribution in [2.24, 2.45) is 10.4 Å². The average molecular weight is 458 g/mol. The first-order valence-corrected chi connectivity index (χ1v) is 9.02. The third kappa shape index (κ3) is 5.23. The standard InChI is InChI=1S/C19H30N4O.HI/c1-20-18(23-13-9-19(15-23)10-14-24-16-19)21-11-6-12-22(2)17-7-4-3-5-8-17;/h3-5,7-8H,6,9-16H2,1-2H3,(H,20,21);1H. The highest BCUT2D eigenvalue weighted by molar-refractivity contribution is 14.0. The molecular formula is C19H31IN4O. The summed E-state index contributed by atoms with van der Waals surface area (Å²) in [6, 6.07) is 10.5. The van der Waals surface area contributed by atoms with Gasteiger partial charge in [0, 0.05) is 58.0 Å². The van der Waals surface area contributed by atoms with Gasteiger partial charge in [0.1, 0.15) is 0 Å². The number of nitrogens with zero attached hydrogens (tertiary/aromatic N) is 3. The van der Waals surface area contributed by atoms with E-state index < -0.39 is 0 Å². The molecule has 0 aromatic heterocycles. The maximum Gasteiger partial charge on any atom is 0.193 e. The van der Waals surface area contributed by atoms with Crippen LogP contribution in [0, 0.1) is 5.41 Å². The summed E-state index contributed by atoms with van der Waals surface area (Å²) in [6.07, 6.45) is 3.51. The fraction of sp³-hybridized carbons (Fsp3) is 0.632. The van der Waals surface area contributed by atoms with E-state index >= 15 is 0 Å². The molecule has 1 N–H and O–H groups in total. The monoisotopic (exact) mass is 458 g/mol. The van der Waals surface area contributed by atoms with Gasteiger partial charge in [-0.05, 0) is 31.4 Å². The van der Waals surface area contributed by atoms with Crippen molar-refractivity contribution in [1.82, 2.24) is 10.2 Å². The molecule has 2 heterocycles. The third-order valence-electron chi connectivity index (χ3n) is 5.29. The van der Waals surface area contributed by atoms with Gasteiger partial charge >= 0.3 is 0 Å². The summed E-state index contributed by atoms with van der Waals surface area (Å²) < 4.78 is 5.62. The Morgan fingerprint density at radius 3 is 2.80 bits per heavy atom. The van der Waals surface area contributed by atoms with Crippen LogP contribution in [-0.2, 0) is 4.74 Å². The number of halogens is 1. The Morgan fingerprint density at radius 1 is 1.32 bits per heavy atom. The molecule has 2 aliphatic heterocycles. The lowest BCUT2D eigenvalue weighted by Crippen LogP contribution is -2.42. The summed E-state index contributed by atoms with van der Waals surface area (Å²) in [5.74, 6) is 1.04. The van der Waals surface area contributed by atoms with Crippen LogP contribution in [0.2, 0.25) is 0 Å². The van der Waals surface area contributed by atoms with Crippen LogP contribution in [0.1, 0.15) is 19.3 Å². The van der Waals surface area contributed by atoms with Crippen LogP contribution in [0.5, 0.6) is 0 Å². The third-order valence-corrected chi connectivity index (χ3v) is 5.29. The summed E-state index contributed by atoms with van der Waals surface area (Å²) in [4.78, 5) is 9.17. The van der Waals surface area contributed by atoms with Gasteiger partial charge < -0.3 is 19.9 Å². The number of hydrogen-bond donors (Lipinski definition) is 1. The van der Waals surface area contributed by atoms with E-state index in [0.29, 0.717) is 5.41 Å². The maximum absolute atomic E-state index is 5.62. The van der Waals surface area contributed by atoms with Crippen LogP contribution in [-0.4, -0.2) is 64.3 Å². The number of ether oxygens (including phenoxy) is 1. The Hall–Kier alpha value is -1.02. The first kappa shape index (κ1) is 20.3. The first-order valence-electron chi connectivity index (χ1n) is 9.02. The Morgan fingerprint density at radius 2 is 2.12 bits per heavy atom. The molecule has 5 nitrogen and oxygen atoms in total. The van der Waals surface area contributed by atoms with Crippen LogP contribution in [0.3, 0.4) is 0 Å². The molecule has 2 aliphatic rings. The van der Waals surface area contributed by atoms with Gasteiger partial charge in [-0.3, -0.25) is 4.99 Å². The quantitative estimate of drug-likeness (QED) is 0.319. The van der Waals surface area contributed by atoms with Crippen LogP contribution in [0.25, 0.3) is 0 Å². The van der Waals surface area contributed by atoms with Gasteiger partial charge in [-0.2, -0.15) is 0 Å². The van der Waals surface area contributed by atoms with Crippen molar-refractivity contribution in [3.8, 4) is 0 Å². The van der Waals surface area contributed by atoms with E-state index in [4.69, 9.17) is 4.74 Å². The predicted molar refractivity (Wildman–Crippen MR) is 115 cm³/mol. The van der Waals surface area contributed by atoms with Crippen molar-refractivity contribution >= 4 is 35.6 Å². The molecule has 25 heavy (non-hydrogen) atoms. The van der Waals surface area contributed by atoms with Crippen LogP contribution < -0.4 is 10.2 Å². The first-order chi connectivity index (χ1) is 11.7. The number of nitrogens with one attached hydrogen (secondary N) is 1. The van der Waals surface area contributed by atoms with E-state index in [0.717, 1.165) is 51.8 Å². The number of benzene rings is 1. The molecule has 3 rings (SSSR count). The molecule has 0 aliphatic carbocycles. The van der Waals surface area contributed by atoms with E-state index in [1.165, 1.54) is 18.5 Å². The molecule has 0 saturated carbocycles. The van der Waals surface area contributed by atoms with Crippen molar-refractivity contribution in [2.75, 3.05) is 58.4 Å². The molecule has 0 radical (unpaired) electrons. The van der Waals surface area contributed by atoms with Gasteiger partial charge in [0.15, 0.2) is 5.96 Å². The topological polar surface area (TPSA) is 40.1 Å². The minimum absolute atomic E-state index is 0. The summed E-state index contributed by atoms with van der Waals surface area (Å²) in [5.41, 5.74) is 1.65. The maximum atomic E-state index is 5.62. The molecule has 0 bridgehead atoms. The van der Waals surface area contributed by atoms with Crippen molar-refractivity contribution in [2.45, 2.75) is 19.3 Å². The second-order valence-corrected chi connectivity index (χ2v) is 7.06. The molecule has 0 amide bonds. The minimum Gasteiger partial charge on any atom is -0.381 e. The highest BCUT2D eigenvalue weighted by atomic mass is 127. The van der Waals surface area contributed by atoms with Crippen molar-refractivity contribution in [3.63, 3.8) is 0 Å². The smallest absolute Gasteiger partial charge is 0.193 e. The van der Waals surface area contributed by atoms with Crippen molar-refractivity contribution in [3.05, 3.63) is 30.3 Å². The zero-order valence-corrected chi connectivity index (χ0v) is 17.7. The van der Waals surface area contributed by atoms with E-state index in [-0.39, 0.29) is 24.0 Å². The normalized spacial score (nSPS) is 23.0. The van der Waals surface area contributed by atoms with Gasteiger partial charge in [-0.1, -0.05) is 18.2 Å². The van der Waals surface area contributed by atoms with E-state index in [1.807, 2.05) is 7.05 Å². The predicted octanol–water partition coefficient (Wildman–Crippen LogP) is 2.82. The van der Waals surface area contributed by atoms with E-state index in [9.17, 15) is 0 Å². The fourth-order valence-corrected chi connectivity index (χ4v) is 3.75. The second-order valence-electron chi connectivity index (χ2n) is 7.06. The lowest BCUT2D eigenvalue weighted by atomic mass is 9.87. The largest absolute Gasteiger partial charge is 0.381 e. The molecule has 1 aromatic rings. The number of aliphatic imine (C=N–C) groups is 1. The number of guanidine groups is 1. The second kappa shape index (κ2) is 9.62. The van der Waals surface area contributed by atoms with Crippen molar-refractivity contribution in [1.29, 1.82) is 0 Å². The number of hydrogen-bond acceptors (Lipinski definition) is 3. The Labute approximate surface area is 168 Å². The highest BCUT2D eigenvalue weighted by Gasteiger charge is 2.42. The number of likely N-dealkylation sites (tertiary alicyclic amines) is 1. The zero-order valence-electron chi connectivity index (χ0n) is 15.4. The highest BCUT2D eigenvalue weighted by Crippen LogP contribution is 2.38. The molecule has 6 heteroatoms. The molecular weight excluding hydrogens is 427 g/mol. The molecule has 1 atom stereocenters. The number of para-hydroxylation sites is 1. The minimum atomic E-state index is 0. The molecule has 140 valence electrons. The Kier molecular flexibility index (Phi) is 7.81. The van der Waals surface area contributed by atoms with Gasteiger partial charge in [-0.15, -0.1) is 24.0 Å². The zero-order chi connectivity index (χ0) is 16.8. The lowest BCUT2D eigenvalue weighted by Gasteiger charge is -2.25. The number of anilines is 1. The Bertz CT molecular complexity index is 546. The molecule has 2 fully saturated rings. The van der Waals surface area contributed by atoms with Crippen LogP contribution in [0.4, 0.5) is 5.69 Å². The summed E-state index contributed by atoms with van der Waals surface area (Å²) >= 11 is 0. The summed E-state index contributed by atoms with van der Waals surface area (Å²) in [6.45, 7) is 5.99. The van der Waals surface area contributed by atoms with Gasteiger partial charge in [0.25, 0.3) is 0 Å². The van der Waals surface area contributed by atoms with E-state index in [1.54, 1.807) is 0 Å². The number of rotatable bonds is 5. The van der Waals surface area contributed by atoms with Crippen molar-refractivity contribution < 1.29 is 4.74 Å². The molecule has 1 unspecified atom stereocenters. The molecule has 2 saturated heterocycles. The Balaban J connectivity index is 0.00000225. The average Bonchev–Trinajstić information content (AvgIpc) is 3.26. The summed E-state index contributed by atoms with van der Waals surface area (Å²) in [7, 11) is 4.03. The fourth-order valence-electron chi connectivity index (χ4n) is 3.75. The van der Waals surface area contributed by atoms with E-state index in [2.05, 4.69) is 57.5 Å². The van der Waals surface area contributed by atoms with Gasteiger partial charge in [0.05, 0.1) is 6.61 Å².